The molecule has 6 nitrogen and oxygen atoms in total. The van der Waals surface area contributed by atoms with Crippen molar-refractivity contribution in [3.63, 3.8) is 0 Å². The van der Waals surface area contributed by atoms with E-state index >= 15 is 0 Å². The van der Waals surface area contributed by atoms with Gasteiger partial charge in [0, 0.05) is 12.0 Å². The van der Waals surface area contributed by atoms with Gasteiger partial charge in [-0.25, -0.2) is 0 Å². The summed E-state index contributed by atoms with van der Waals surface area (Å²) in [5, 5.41) is 29.2. The summed E-state index contributed by atoms with van der Waals surface area (Å²) in [6.45, 7) is 9.33. The molecule has 1 saturated heterocycles. The van der Waals surface area contributed by atoms with E-state index in [-0.39, 0.29) is 23.0 Å². The SMILES string of the molecule is C/C(=C\CC[C@]1(C)OC(=O)[C@H](C(=O)c2ccc(O)cc2O)[C@H]1C)CCCC(C)(C)O. The van der Waals surface area contributed by atoms with Crippen molar-refractivity contribution in [2.45, 2.75) is 77.9 Å². The Labute approximate surface area is 178 Å². The minimum atomic E-state index is -0.984. The van der Waals surface area contributed by atoms with E-state index in [1.54, 1.807) is 13.8 Å². The highest BCUT2D eigenvalue weighted by atomic mass is 16.6. The van der Waals surface area contributed by atoms with E-state index in [1.165, 1.54) is 17.7 Å². The van der Waals surface area contributed by atoms with Crippen LogP contribution >= 0.6 is 0 Å². The van der Waals surface area contributed by atoms with Gasteiger partial charge in [0.25, 0.3) is 0 Å². The molecule has 0 bridgehead atoms. The van der Waals surface area contributed by atoms with E-state index in [2.05, 4.69) is 13.0 Å². The quantitative estimate of drug-likeness (QED) is 0.236. The number of rotatable bonds is 9. The summed E-state index contributed by atoms with van der Waals surface area (Å²) in [7, 11) is 0. The Morgan fingerprint density at radius 2 is 1.97 bits per heavy atom. The van der Waals surface area contributed by atoms with Gasteiger partial charge >= 0.3 is 5.97 Å². The number of hydrogen-bond acceptors (Lipinski definition) is 6. The molecule has 3 atom stereocenters. The summed E-state index contributed by atoms with van der Waals surface area (Å²) < 4.78 is 5.63. The average Bonchev–Trinajstić information content (AvgIpc) is 2.82. The molecule has 0 unspecified atom stereocenters. The van der Waals surface area contributed by atoms with Crippen LogP contribution < -0.4 is 0 Å². The summed E-state index contributed by atoms with van der Waals surface area (Å²) in [5.41, 5.74) is -0.197. The first-order valence-electron chi connectivity index (χ1n) is 10.5. The van der Waals surface area contributed by atoms with E-state index < -0.39 is 28.9 Å². The number of carbonyl (C=O) groups excluding carboxylic acids is 2. The number of cyclic esters (lactones) is 1. The van der Waals surface area contributed by atoms with E-state index in [4.69, 9.17) is 4.74 Å². The lowest BCUT2D eigenvalue weighted by molar-refractivity contribution is -0.149. The van der Waals surface area contributed by atoms with Crippen LogP contribution in [0.5, 0.6) is 11.5 Å². The topological polar surface area (TPSA) is 104 Å². The van der Waals surface area contributed by atoms with Crippen LogP contribution in [-0.4, -0.2) is 38.3 Å². The third-order valence-corrected chi connectivity index (χ3v) is 6.07. The Balaban J connectivity index is 2.01. The predicted molar refractivity (Wildman–Crippen MR) is 114 cm³/mol. The molecule has 0 aromatic heterocycles. The van der Waals surface area contributed by atoms with Gasteiger partial charge in [0.05, 0.1) is 11.2 Å². The van der Waals surface area contributed by atoms with Crippen molar-refractivity contribution in [3.05, 3.63) is 35.4 Å². The van der Waals surface area contributed by atoms with Gasteiger partial charge in [0.15, 0.2) is 5.78 Å². The Hall–Kier alpha value is -2.34. The first-order chi connectivity index (χ1) is 13.8. The number of carbonyl (C=O) groups is 2. The van der Waals surface area contributed by atoms with Crippen molar-refractivity contribution in [1.82, 2.24) is 0 Å². The summed E-state index contributed by atoms with van der Waals surface area (Å²) in [5.74, 6) is -2.91. The lowest BCUT2D eigenvalue weighted by atomic mass is 9.77. The lowest BCUT2D eigenvalue weighted by Gasteiger charge is -2.28. The summed E-state index contributed by atoms with van der Waals surface area (Å²) in [6, 6.07) is 3.72. The van der Waals surface area contributed by atoms with Gasteiger partial charge < -0.3 is 20.1 Å². The van der Waals surface area contributed by atoms with Crippen LogP contribution in [0.1, 0.15) is 77.1 Å². The number of hydrogen-bond donors (Lipinski definition) is 3. The molecule has 0 spiro atoms. The highest BCUT2D eigenvalue weighted by molar-refractivity contribution is 6.11. The minimum Gasteiger partial charge on any atom is -0.508 e. The van der Waals surface area contributed by atoms with Crippen LogP contribution in [0.15, 0.2) is 29.8 Å². The van der Waals surface area contributed by atoms with Crippen LogP contribution in [0, 0.1) is 11.8 Å². The van der Waals surface area contributed by atoms with E-state index in [0.29, 0.717) is 12.8 Å². The van der Waals surface area contributed by atoms with Crippen LogP contribution in [0.25, 0.3) is 0 Å². The molecule has 0 radical (unpaired) electrons. The minimum absolute atomic E-state index is 0.00778. The first kappa shape index (κ1) is 23.9. The summed E-state index contributed by atoms with van der Waals surface area (Å²) >= 11 is 0. The van der Waals surface area contributed by atoms with Crippen LogP contribution in [0.4, 0.5) is 0 Å². The van der Waals surface area contributed by atoms with Crippen molar-refractivity contribution in [2.75, 3.05) is 0 Å². The fraction of sp³-hybridized carbons (Fsp3) is 0.583. The van der Waals surface area contributed by atoms with Crippen molar-refractivity contribution < 1.29 is 29.6 Å². The molecule has 30 heavy (non-hydrogen) atoms. The van der Waals surface area contributed by atoms with Crippen LogP contribution in [0.3, 0.4) is 0 Å². The second kappa shape index (κ2) is 9.21. The number of ketones is 1. The Kier molecular flexibility index (Phi) is 7.35. The molecular weight excluding hydrogens is 384 g/mol. The largest absolute Gasteiger partial charge is 0.508 e. The van der Waals surface area contributed by atoms with Gasteiger partial charge in [-0.15, -0.1) is 0 Å². The smallest absolute Gasteiger partial charge is 0.317 e. The maximum absolute atomic E-state index is 12.9. The molecule has 1 fully saturated rings. The van der Waals surface area contributed by atoms with Gasteiger partial charge in [0.2, 0.25) is 0 Å². The molecule has 0 amide bonds. The van der Waals surface area contributed by atoms with Crippen molar-refractivity contribution in [3.8, 4) is 11.5 Å². The molecular formula is C24H34O6. The molecule has 1 aliphatic heterocycles. The summed E-state index contributed by atoms with van der Waals surface area (Å²) in [6.07, 6.45) is 5.97. The summed E-state index contributed by atoms with van der Waals surface area (Å²) in [4.78, 5) is 25.4. The standard InChI is InChI=1S/C24H34O6/c1-15(8-6-12-23(3,4)29)9-7-13-24(5)16(2)20(22(28)30-24)21(27)18-11-10-17(25)14-19(18)26/h9-11,14,16,20,25-26,29H,6-8,12-13H2,1-5H3/b15-9+/t16-,20+,24+/m1/s1. The van der Waals surface area contributed by atoms with E-state index in [1.807, 2.05) is 13.8 Å². The number of esters is 1. The van der Waals surface area contributed by atoms with Gasteiger partial charge in [-0.2, -0.15) is 0 Å². The molecule has 6 heteroatoms. The van der Waals surface area contributed by atoms with Crippen LogP contribution in [-0.2, 0) is 9.53 Å². The fourth-order valence-corrected chi connectivity index (χ4v) is 3.96. The number of allylic oxidation sites excluding steroid dienone is 2. The number of ether oxygens (including phenoxy) is 1. The van der Waals surface area contributed by atoms with Gasteiger partial charge in [-0.05, 0) is 71.9 Å². The monoisotopic (exact) mass is 418 g/mol. The molecule has 0 saturated carbocycles. The molecule has 166 valence electrons. The Morgan fingerprint density at radius 1 is 1.30 bits per heavy atom. The zero-order valence-corrected chi connectivity index (χ0v) is 18.6. The number of aliphatic hydroxyl groups is 1. The van der Waals surface area contributed by atoms with Gasteiger partial charge in [0.1, 0.15) is 23.0 Å². The number of Topliss-reactive ketones (excluding diaryl/α,β-unsaturated/α-hetero) is 1. The second-order valence-electron chi connectivity index (χ2n) is 9.32. The molecule has 1 heterocycles. The molecule has 1 aromatic carbocycles. The number of phenols is 2. The third-order valence-electron chi connectivity index (χ3n) is 6.07. The zero-order valence-electron chi connectivity index (χ0n) is 18.6. The normalized spacial score (nSPS) is 24.7. The number of aromatic hydroxyl groups is 2. The Bertz CT molecular complexity index is 819. The van der Waals surface area contributed by atoms with Crippen molar-refractivity contribution in [2.24, 2.45) is 11.8 Å². The van der Waals surface area contributed by atoms with Gasteiger partial charge in [-0.1, -0.05) is 18.6 Å². The maximum Gasteiger partial charge on any atom is 0.317 e. The van der Waals surface area contributed by atoms with Crippen molar-refractivity contribution >= 4 is 11.8 Å². The molecule has 1 aliphatic rings. The number of benzene rings is 1. The highest BCUT2D eigenvalue weighted by Gasteiger charge is 2.53. The number of phenolic OH excluding ortho intramolecular Hbond substituents is 2. The predicted octanol–water partition coefficient (Wildman–Crippen LogP) is 4.52. The first-order valence-corrected chi connectivity index (χ1v) is 10.5. The lowest BCUT2D eigenvalue weighted by Crippen LogP contribution is -2.33. The van der Waals surface area contributed by atoms with Crippen LogP contribution in [0.2, 0.25) is 0 Å². The van der Waals surface area contributed by atoms with Gasteiger partial charge in [-0.3, -0.25) is 9.59 Å². The average molecular weight is 419 g/mol. The molecule has 3 N–H and O–H groups in total. The molecule has 1 aromatic rings. The maximum atomic E-state index is 12.9. The molecule has 0 aliphatic carbocycles. The molecule has 2 rings (SSSR count). The second-order valence-corrected chi connectivity index (χ2v) is 9.32. The van der Waals surface area contributed by atoms with E-state index in [9.17, 15) is 24.9 Å². The third kappa shape index (κ3) is 5.85. The zero-order chi connectivity index (χ0) is 22.7. The van der Waals surface area contributed by atoms with Crippen molar-refractivity contribution in [1.29, 1.82) is 0 Å². The Morgan fingerprint density at radius 3 is 2.57 bits per heavy atom. The highest BCUT2D eigenvalue weighted by Crippen LogP contribution is 2.42. The van der Waals surface area contributed by atoms with E-state index in [0.717, 1.165) is 25.3 Å². The fourth-order valence-electron chi connectivity index (χ4n) is 3.96.